The first kappa shape index (κ1) is 27.1. The molecule has 0 bridgehead atoms. The van der Waals surface area contributed by atoms with E-state index in [4.69, 9.17) is 24.7 Å². The molecule has 7 heteroatoms. The lowest BCUT2D eigenvalue weighted by Crippen LogP contribution is -2.47. The smallest absolute Gasteiger partial charge is 0.161 e. The van der Waals surface area contributed by atoms with Gasteiger partial charge < -0.3 is 24.7 Å². The molecule has 1 fully saturated rings. The van der Waals surface area contributed by atoms with Crippen LogP contribution in [0.1, 0.15) is 60.5 Å². The molecule has 0 aromatic heterocycles. The third kappa shape index (κ3) is 4.96. The van der Waals surface area contributed by atoms with Crippen molar-refractivity contribution in [2.24, 2.45) is 17.6 Å². The van der Waals surface area contributed by atoms with Crippen LogP contribution in [0.2, 0.25) is 0 Å². The van der Waals surface area contributed by atoms with Crippen molar-refractivity contribution in [3.8, 4) is 23.0 Å². The minimum Gasteiger partial charge on any atom is -0.493 e. The van der Waals surface area contributed by atoms with Crippen molar-refractivity contribution in [1.82, 2.24) is 9.80 Å². The Hall–Kier alpha value is -2.48. The Bertz CT molecular complexity index is 1120. The molecule has 0 radical (unpaired) electrons. The number of benzene rings is 2. The summed E-state index contributed by atoms with van der Waals surface area (Å²) < 4.78 is 22.7. The van der Waals surface area contributed by atoms with E-state index in [1.807, 2.05) is 0 Å². The molecule has 3 heterocycles. The Kier molecular flexibility index (Phi) is 8.36. The van der Waals surface area contributed by atoms with Crippen LogP contribution in [0.25, 0.3) is 0 Å². The predicted octanol–water partition coefficient (Wildman–Crippen LogP) is 4.61. The molecule has 3 aliphatic rings. The van der Waals surface area contributed by atoms with Gasteiger partial charge in [0.2, 0.25) is 0 Å². The summed E-state index contributed by atoms with van der Waals surface area (Å²) in [6, 6.07) is 9.61. The maximum absolute atomic E-state index is 6.11. The summed E-state index contributed by atoms with van der Waals surface area (Å²) >= 11 is 0. The number of methoxy groups -OCH3 is 4. The van der Waals surface area contributed by atoms with Gasteiger partial charge in [0.1, 0.15) is 0 Å². The first-order valence-electron chi connectivity index (χ1n) is 14.2. The zero-order chi connectivity index (χ0) is 26.8. The van der Waals surface area contributed by atoms with E-state index in [1.165, 1.54) is 28.7 Å². The van der Waals surface area contributed by atoms with Crippen molar-refractivity contribution in [3.63, 3.8) is 0 Å². The molecule has 3 aliphatic heterocycles. The van der Waals surface area contributed by atoms with Crippen LogP contribution in [0.15, 0.2) is 24.3 Å². The fourth-order valence-corrected chi connectivity index (χ4v) is 7.33. The van der Waals surface area contributed by atoms with Crippen LogP contribution in [0.3, 0.4) is 0 Å². The van der Waals surface area contributed by atoms with Gasteiger partial charge >= 0.3 is 0 Å². The highest BCUT2D eigenvalue weighted by Crippen LogP contribution is 2.49. The van der Waals surface area contributed by atoms with Crippen molar-refractivity contribution in [2.75, 3.05) is 61.2 Å². The number of hydrogen-bond acceptors (Lipinski definition) is 7. The number of fused-ring (bicyclic) bond motifs is 4. The second-order valence-corrected chi connectivity index (χ2v) is 11.1. The van der Waals surface area contributed by atoms with Gasteiger partial charge in [0.05, 0.1) is 28.4 Å². The van der Waals surface area contributed by atoms with Crippen molar-refractivity contribution >= 4 is 0 Å². The lowest BCUT2D eigenvalue weighted by molar-refractivity contribution is 0.0311. The Labute approximate surface area is 228 Å². The lowest BCUT2D eigenvalue weighted by Gasteiger charge is -2.49. The summed E-state index contributed by atoms with van der Waals surface area (Å²) in [4.78, 5) is 5.33. The number of ether oxygens (including phenoxy) is 4. The molecule has 0 saturated carbocycles. The summed E-state index contributed by atoms with van der Waals surface area (Å²) in [5, 5.41) is 0. The molecule has 2 aromatic rings. The number of hydrogen-bond donors (Lipinski definition) is 1. The number of nitrogens with two attached hydrogens (primary N) is 1. The second kappa shape index (κ2) is 11.7. The molecular formula is C31H45N3O4. The van der Waals surface area contributed by atoms with E-state index >= 15 is 0 Å². The van der Waals surface area contributed by atoms with Gasteiger partial charge in [-0.3, -0.25) is 9.80 Å². The molecule has 208 valence electrons. The SMILES string of the molecule is CC[C@H]1CN2CCc3cc(OC)c(OC)cc3C2C[C@@H]1C[C@@H]1c2cc(OC)c(OC)cc2CCN1CCN. The highest BCUT2D eigenvalue weighted by molar-refractivity contribution is 5.51. The van der Waals surface area contributed by atoms with Crippen molar-refractivity contribution in [2.45, 2.75) is 51.1 Å². The molecule has 0 aliphatic carbocycles. The number of nitrogens with zero attached hydrogens (tertiary/aromatic N) is 2. The summed E-state index contributed by atoms with van der Waals surface area (Å²) in [5.41, 5.74) is 11.7. The van der Waals surface area contributed by atoms with Crippen LogP contribution in [-0.2, 0) is 12.8 Å². The van der Waals surface area contributed by atoms with Gasteiger partial charge in [-0.1, -0.05) is 13.3 Å². The zero-order valence-corrected chi connectivity index (χ0v) is 23.8. The Morgan fingerprint density at radius 2 is 1.37 bits per heavy atom. The average molecular weight is 524 g/mol. The standard InChI is InChI=1S/C31H45N3O4/c1-6-20-19-34-11-8-22-16-29(36-3)31(38-5)18-25(22)27(34)14-23(20)13-26-24-17-30(37-4)28(35-2)15-21(24)7-10-33(26)12-9-32/h15-18,20,23,26-27H,6-14,19,32H2,1-5H3/t20-,23-,26+,27?/m0/s1. The highest BCUT2D eigenvalue weighted by Gasteiger charge is 2.41. The van der Waals surface area contributed by atoms with Gasteiger partial charge in [-0.05, 0) is 84.0 Å². The molecule has 5 rings (SSSR count). The molecule has 0 amide bonds. The summed E-state index contributed by atoms with van der Waals surface area (Å²) in [6.45, 7) is 7.25. The van der Waals surface area contributed by atoms with Gasteiger partial charge in [0.15, 0.2) is 23.0 Å². The van der Waals surface area contributed by atoms with Crippen LogP contribution in [0.4, 0.5) is 0 Å². The quantitative estimate of drug-likeness (QED) is 0.515. The summed E-state index contributed by atoms with van der Waals surface area (Å²) in [6.07, 6.45) is 5.58. The van der Waals surface area contributed by atoms with Gasteiger partial charge in [-0.25, -0.2) is 0 Å². The first-order valence-corrected chi connectivity index (χ1v) is 14.2. The van der Waals surface area contributed by atoms with E-state index in [0.29, 0.717) is 30.5 Å². The van der Waals surface area contributed by atoms with Crippen LogP contribution in [-0.4, -0.2) is 71.0 Å². The fraction of sp³-hybridized carbons (Fsp3) is 0.613. The van der Waals surface area contributed by atoms with Gasteiger partial charge in [-0.15, -0.1) is 0 Å². The van der Waals surface area contributed by atoms with Crippen LogP contribution >= 0.6 is 0 Å². The van der Waals surface area contributed by atoms with Crippen LogP contribution < -0.4 is 24.7 Å². The second-order valence-electron chi connectivity index (χ2n) is 11.1. The molecule has 4 atom stereocenters. The average Bonchev–Trinajstić information content (AvgIpc) is 2.96. The van der Waals surface area contributed by atoms with E-state index in [9.17, 15) is 0 Å². The van der Waals surface area contributed by atoms with Gasteiger partial charge in [0, 0.05) is 44.8 Å². The maximum atomic E-state index is 6.11. The molecule has 0 spiro atoms. The van der Waals surface area contributed by atoms with E-state index in [2.05, 4.69) is 41.0 Å². The summed E-state index contributed by atoms with van der Waals surface area (Å²) in [7, 11) is 6.91. The van der Waals surface area contributed by atoms with E-state index < -0.39 is 0 Å². The lowest BCUT2D eigenvalue weighted by atomic mass is 9.72. The third-order valence-electron chi connectivity index (χ3n) is 9.36. The maximum Gasteiger partial charge on any atom is 0.161 e. The molecule has 1 saturated heterocycles. The molecule has 2 N–H and O–H groups in total. The number of piperidine rings is 1. The molecule has 7 nitrogen and oxygen atoms in total. The Morgan fingerprint density at radius 1 is 0.789 bits per heavy atom. The molecule has 38 heavy (non-hydrogen) atoms. The minimum absolute atomic E-state index is 0.334. The fourth-order valence-electron chi connectivity index (χ4n) is 7.33. The van der Waals surface area contributed by atoms with E-state index in [0.717, 1.165) is 74.9 Å². The van der Waals surface area contributed by atoms with Crippen molar-refractivity contribution < 1.29 is 18.9 Å². The zero-order valence-electron chi connectivity index (χ0n) is 23.8. The Morgan fingerprint density at radius 3 is 1.97 bits per heavy atom. The minimum atomic E-state index is 0.334. The third-order valence-corrected chi connectivity index (χ3v) is 9.36. The first-order chi connectivity index (χ1) is 18.5. The van der Waals surface area contributed by atoms with Crippen molar-refractivity contribution in [1.29, 1.82) is 0 Å². The molecule has 2 aromatic carbocycles. The normalized spacial score (nSPS) is 25.2. The van der Waals surface area contributed by atoms with Crippen LogP contribution in [0, 0.1) is 11.8 Å². The van der Waals surface area contributed by atoms with Crippen molar-refractivity contribution in [3.05, 3.63) is 46.5 Å². The topological polar surface area (TPSA) is 69.4 Å². The van der Waals surface area contributed by atoms with Gasteiger partial charge in [0.25, 0.3) is 0 Å². The summed E-state index contributed by atoms with van der Waals surface area (Å²) in [5.74, 6) is 4.59. The van der Waals surface area contributed by atoms with Gasteiger partial charge in [-0.2, -0.15) is 0 Å². The Balaban J connectivity index is 1.48. The molecular weight excluding hydrogens is 478 g/mol. The highest BCUT2D eigenvalue weighted by atomic mass is 16.5. The van der Waals surface area contributed by atoms with Crippen LogP contribution in [0.5, 0.6) is 23.0 Å². The predicted molar refractivity (Wildman–Crippen MR) is 151 cm³/mol. The molecule has 1 unspecified atom stereocenters. The largest absolute Gasteiger partial charge is 0.493 e. The number of rotatable bonds is 9. The van der Waals surface area contributed by atoms with E-state index in [-0.39, 0.29) is 0 Å². The monoisotopic (exact) mass is 523 g/mol. The van der Waals surface area contributed by atoms with E-state index in [1.54, 1.807) is 28.4 Å².